The SMILES string of the molecule is Cn1cc(C(=O)C(C#N)N=Nc2ccccc2)c2ccccc21. The summed E-state index contributed by atoms with van der Waals surface area (Å²) in [6.07, 6.45) is 1.73. The summed E-state index contributed by atoms with van der Waals surface area (Å²) in [5.74, 6) is -0.344. The van der Waals surface area contributed by atoms with Crippen molar-refractivity contribution in [1.29, 1.82) is 5.26 Å². The predicted molar refractivity (Wildman–Crippen MR) is 87.6 cm³/mol. The molecule has 0 fully saturated rings. The van der Waals surface area contributed by atoms with E-state index in [0.29, 0.717) is 11.3 Å². The van der Waals surface area contributed by atoms with Crippen molar-refractivity contribution in [3.05, 3.63) is 66.4 Å². The number of nitrogens with zero attached hydrogens (tertiary/aromatic N) is 4. The monoisotopic (exact) mass is 302 g/mol. The van der Waals surface area contributed by atoms with Crippen LogP contribution in [0.15, 0.2) is 71.0 Å². The molecule has 0 N–H and O–H groups in total. The van der Waals surface area contributed by atoms with Crippen LogP contribution in [0.2, 0.25) is 0 Å². The summed E-state index contributed by atoms with van der Waals surface area (Å²) < 4.78 is 1.87. The third-order valence-corrected chi connectivity index (χ3v) is 3.58. The van der Waals surface area contributed by atoms with Crippen molar-refractivity contribution < 1.29 is 4.79 Å². The van der Waals surface area contributed by atoms with E-state index in [1.54, 1.807) is 18.3 Å². The number of carbonyl (C=O) groups excluding carboxylic acids is 1. The highest BCUT2D eigenvalue weighted by Gasteiger charge is 2.23. The Balaban J connectivity index is 1.94. The lowest BCUT2D eigenvalue weighted by Gasteiger charge is -2.01. The van der Waals surface area contributed by atoms with Gasteiger partial charge < -0.3 is 4.57 Å². The highest BCUT2D eigenvalue weighted by molar-refractivity contribution is 6.11. The smallest absolute Gasteiger partial charge is 0.219 e. The number of nitriles is 1. The molecule has 5 heteroatoms. The molecule has 0 saturated heterocycles. The van der Waals surface area contributed by atoms with Crippen LogP contribution in [0.3, 0.4) is 0 Å². The van der Waals surface area contributed by atoms with E-state index in [2.05, 4.69) is 10.2 Å². The van der Waals surface area contributed by atoms with Gasteiger partial charge in [-0.1, -0.05) is 36.4 Å². The van der Waals surface area contributed by atoms with Crippen LogP contribution in [0.5, 0.6) is 0 Å². The summed E-state index contributed by atoms with van der Waals surface area (Å²) in [7, 11) is 1.87. The molecule has 5 nitrogen and oxygen atoms in total. The molecule has 1 unspecified atom stereocenters. The lowest BCUT2D eigenvalue weighted by atomic mass is 10.1. The second kappa shape index (κ2) is 6.24. The minimum Gasteiger partial charge on any atom is -0.350 e. The molecule has 0 aliphatic carbocycles. The summed E-state index contributed by atoms with van der Waals surface area (Å²) in [6, 6.07) is 17.4. The van der Waals surface area contributed by atoms with Gasteiger partial charge in [0, 0.05) is 29.7 Å². The van der Waals surface area contributed by atoms with Gasteiger partial charge in [-0.2, -0.15) is 15.5 Å². The zero-order chi connectivity index (χ0) is 16.2. The Bertz CT molecular complexity index is 919. The number of para-hydroxylation sites is 1. The van der Waals surface area contributed by atoms with Crippen molar-refractivity contribution in [2.24, 2.45) is 17.3 Å². The van der Waals surface area contributed by atoms with Crippen molar-refractivity contribution in [3.8, 4) is 6.07 Å². The zero-order valence-corrected chi connectivity index (χ0v) is 12.5. The van der Waals surface area contributed by atoms with Gasteiger partial charge in [-0.3, -0.25) is 4.79 Å². The van der Waals surface area contributed by atoms with E-state index in [1.807, 2.05) is 60.1 Å². The topological polar surface area (TPSA) is 70.5 Å². The molecule has 1 heterocycles. The summed E-state index contributed by atoms with van der Waals surface area (Å²) in [6.45, 7) is 0. The Hall–Kier alpha value is -3.26. The van der Waals surface area contributed by atoms with E-state index >= 15 is 0 Å². The Morgan fingerprint density at radius 2 is 1.83 bits per heavy atom. The van der Waals surface area contributed by atoms with Crippen LogP contribution < -0.4 is 0 Å². The van der Waals surface area contributed by atoms with E-state index in [1.165, 1.54) is 0 Å². The Morgan fingerprint density at radius 3 is 2.57 bits per heavy atom. The Morgan fingerprint density at radius 1 is 1.13 bits per heavy atom. The van der Waals surface area contributed by atoms with E-state index in [9.17, 15) is 10.1 Å². The van der Waals surface area contributed by atoms with Gasteiger partial charge in [0.25, 0.3) is 0 Å². The summed E-state index contributed by atoms with van der Waals surface area (Å²) in [5.41, 5.74) is 2.03. The van der Waals surface area contributed by atoms with Gasteiger partial charge >= 0.3 is 0 Å². The maximum atomic E-state index is 12.6. The van der Waals surface area contributed by atoms with E-state index in [0.717, 1.165) is 10.9 Å². The second-order valence-corrected chi connectivity index (χ2v) is 5.12. The fourth-order valence-electron chi connectivity index (χ4n) is 2.44. The van der Waals surface area contributed by atoms with Gasteiger partial charge in [-0.15, -0.1) is 0 Å². The van der Waals surface area contributed by atoms with Crippen LogP contribution in [0, 0.1) is 11.3 Å². The van der Waals surface area contributed by atoms with Gasteiger partial charge in [-0.05, 0) is 18.2 Å². The standard InChI is InChI=1S/C18H14N4O/c1-22-12-15(14-9-5-6-10-17(14)22)18(23)16(11-19)21-20-13-7-3-2-4-8-13/h2-10,12,16H,1H3. The fraction of sp³-hybridized carbons (Fsp3) is 0.111. The molecule has 23 heavy (non-hydrogen) atoms. The molecule has 0 aliphatic heterocycles. The molecule has 0 spiro atoms. The first kappa shape index (κ1) is 14.7. The number of Topliss-reactive ketones (excluding diaryl/α,β-unsaturated/α-hetero) is 1. The van der Waals surface area contributed by atoms with Crippen LogP contribution in [-0.2, 0) is 7.05 Å². The number of benzene rings is 2. The average molecular weight is 302 g/mol. The minimum absolute atomic E-state index is 0.344. The van der Waals surface area contributed by atoms with Gasteiger partial charge in [0.05, 0.1) is 11.8 Å². The van der Waals surface area contributed by atoms with Gasteiger partial charge in [-0.25, -0.2) is 0 Å². The minimum atomic E-state index is -1.15. The molecule has 0 saturated carbocycles. The first-order valence-electron chi connectivity index (χ1n) is 7.14. The van der Waals surface area contributed by atoms with Crippen LogP contribution >= 0.6 is 0 Å². The molecule has 0 aliphatic rings. The molecular weight excluding hydrogens is 288 g/mol. The van der Waals surface area contributed by atoms with E-state index in [-0.39, 0.29) is 5.78 Å². The summed E-state index contributed by atoms with van der Waals surface area (Å²) in [4.78, 5) is 12.6. The maximum absolute atomic E-state index is 12.6. The van der Waals surface area contributed by atoms with Crippen molar-refractivity contribution in [2.75, 3.05) is 0 Å². The first-order chi connectivity index (χ1) is 11.2. The van der Waals surface area contributed by atoms with Crippen molar-refractivity contribution in [2.45, 2.75) is 6.04 Å². The number of hydrogen-bond donors (Lipinski definition) is 0. The molecule has 0 radical (unpaired) electrons. The maximum Gasteiger partial charge on any atom is 0.219 e. The fourth-order valence-corrected chi connectivity index (χ4v) is 2.44. The highest BCUT2D eigenvalue weighted by Crippen LogP contribution is 2.22. The number of carbonyl (C=O) groups is 1. The van der Waals surface area contributed by atoms with Gasteiger partial charge in [0.1, 0.15) is 0 Å². The number of hydrogen-bond acceptors (Lipinski definition) is 4. The number of rotatable bonds is 4. The normalized spacial score (nSPS) is 12.3. The summed E-state index contributed by atoms with van der Waals surface area (Å²) >= 11 is 0. The lowest BCUT2D eigenvalue weighted by Crippen LogP contribution is -2.16. The molecule has 112 valence electrons. The quantitative estimate of drug-likeness (QED) is 0.539. The van der Waals surface area contributed by atoms with Crippen molar-refractivity contribution in [3.63, 3.8) is 0 Å². The largest absolute Gasteiger partial charge is 0.350 e. The average Bonchev–Trinajstić information content (AvgIpc) is 2.93. The van der Waals surface area contributed by atoms with E-state index in [4.69, 9.17) is 0 Å². The lowest BCUT2D eigenvalue weighted by molar-refractivity contribution is 0.0980. The predicted octanol–water partition coefficient (Wildman–Crippen LogP) is 4.04. The van der Waals surface area contributed by atoms with Crippen LogP contribution in [0.25, 0.3) is 10.9 Å². The van der Waals surface area contributed by atoms with Crippen molar-refractivity contribution >= 4 is 22.4 Å². The van der Waals surface area contributed by atoms with Crippen LogP contribution in [0.4, 0.5) is 5.69 Å². The molecule has 1 atom stereocenters. The Labute approximate surface area is 133 Å². The summed E-state index contributed by atoms with van der Waals surface area (Å²) in [5, 5.41) is 18.0. The Kier molecular flexibility index (Phi) is 3.98. The number of aryl methyl sites for hydroxylation is 1. The highest BCUT2D eigenvalue weighted by atomic mass is 16.1. The molecule has 3 rings (SSSR count). The molecule has 0 bridgehead atoms. The zero-order valence-electron chi connectivity index (χ0n) is 12.5. The first-order valence-corrected chi connectivity index (χ1v) is 7.14. The van der Waals surface area contributed by atoms with E-state index < -0.39 is 6.04 Å². The molecule has 1 aromatic heterocycles. The third kappa shape index (κ3) is 2.87. The van der Waals surface area contributed by atoms with Gasteiger partial charge in [0.15, 0.2) is 0 Å². The van der Waals surface area contributed by atoms with Crippen LogP contribution in [-0.4, -0.2) is 16.4 Å². The molecular formula is C18H14N4O. The van der Waals surface area contributed by atoms with Crippen LogP contribution in [0.1, 0.15) is 10.4 Å². The molecule has 3 aromatic rings. The number of fused-ring (bicyclic) bond motifs is 1. The second-order valence-electron chi connectivity index (χ2n) is 5.12. The number of azo groups is 1. The number of ketones is 1. The third-order valence-electron chi connectivity index (χ3n) is 3.58. The van der Waals surface area contributed by atoms with Gasteiger partial charge in [0.2, 0.25) is 11.8 Å². The molecule has 2 aromatic carbocycles. The van der Waals surface area contributed by atoms with Crippen molar-refractivity contribution in [1.82, 2.24) is 4.57 Å². The number of aromatic nitrogens is 1. The molecule has 0 amide bonds.